The van der Waals surface area contributed by atoms with Crippen LogP contribution < -0.4 is 10.6 Å². The van der Waals surface area contributed by atoms with Crippen LogP contribution in [0.1, 0.15) is 63.8 Å². The van der Waals surface area contributed by atoms with Crippen LogP contribution >= 0.6 is 11.3 Å². The van der Waals surface area contributed by atoms with Crippen molar-refractivity contribution >= 4 is 43.2 Å². The lowest BCUT2D eigenvalue weighted by Gasteiger charge is -2.30. The molecule has 2 N–H and O–H groups in total. The second-order valence-corrected chi connectivity index (χ2v) is 14.2. The van der Waals surface area contributed by atoms with Crippen LogP contribution in [0.5, 0.6) is 0 Å². The molecular weight excluding hydrogens is 480 g/mol. The summed E-state index contributed by atoms with van der Waals surface area (Å²) < 4.78 is 25.2. The summed E-state index contributed by atoms with van der Waals surface area (Å²) in [5, 5.41) is 8.03. The van der Waals surface area contributed by atoms with Crippen LogP contribution in [0.4, 0.5) is 11.8 Å². The van der Waals surface area contributed by atoms with Crippen LogP contribution in [0.2, 0.25) is 0 Å². The van der Waals surface area contributed by atoms with Crippen LogP contribution in [0.15, 0.2) is 12.3 Å². The monoisotopic (exact) mass is 514 g/mol. The predicted molar refractivity (Wildman–Crippen MR) is 143 cm³/mol. The maximum absolute atomic E-state index is 12.4. The molecule has 3 aromatic rings. The zero-order valence-corrected chi connectivity index (χ0v) is 22.7. The Balaban J connectivity index is 1.50. The number of aromatic nitrogens is 4. The van der Waals surface area contributed by atoms with Gasteiger partial charge in [0.1, 0.15) is 16.3 Å². The minimum absolute atomic E-state index is 0.102. The van der Waals surface area contributed by atoms with Gasteiger partial charge in [-0.05, 0) is 78.2 Å². The molecule has 0 aliphatic heterocycles. The molecule has 10 heteroatoms. The van der Waals surface area contributed by atoms with Crippen LogP contribution in [0.3, 0.4) is 0 Å². The first kappa shape index (κ1) is 24.4. The second-order valence-electron chi connectivity index (χ2n) is 10.6. The van der Waals surface area contributed by atoms with Gasteiger partial charge in [-0.1, -0.05) is 0 Å². The molecule has 0 bridgehead atoms. The largest absolute Gasteiger partial charge is 0.367 e. The third kappa shape index (κ3) is 4.62. The Bertz CT molecular complexity index is 1360. The Labute approximate surface area is 211 Å². The quantitative estimate of drug-likeness (QED) is 0.446. The second kappa shape index (κ2) is 8.96. The minimum Gasteiger partial charge on any atom is -0.367 e. The van der Waals surface area contributed by atoms with Gasteiger partial charge >= 0.3 is 0 Å². The highest BCUT2D eigenvalue weighted by atomic mass is 32.2. The van der Waals surface area contributed by atoms with Crippen LogP contribution in [0, 0.1) is 19.8 Å². The number of aryl methyl sites for hydroxylation is 2. The van der Waals surface area contributed by atoms with Crippen molar-refractivity contribution in [2.45, 2.75) is 83.1 Å². The Hall–Kier alpha value is -2.33. The fourth-order valence-electron chi connectivity index (χ4n) is 5.06. The van der Waals surface area contributed by atoms with Crippen molar-refractivity contribution < 1.29 is 8.42 Å². The van der Waals surface area contributed by atoms with Crippen molar-refractivity contribution in [2.75, 3.05) is 16.9 Å². The lowest BCUT2D eigenvalue weighted by molar-refractivity contribution is 0.404. The molecule has 0 spiro atoms. The highest BCUT2D eigenvalue weighted by Gasteiger charge is 2.43. The Morgan fingerprint density at radius 1 is 1.00 bits per heavy atom. The van der Waals surface area contributed by atoms with E-state index in [2.05, 4.69) is 15.6 Å². The third-order valence-electron chi connectivity index (χ3n) is 7.94. The Morgan fingerprint density at radius 2 is 1.77 bits per heavy atom. The zero-order valence-electron chi connectivity index (χ0n) is 21.1. The van der Waals surface area contributed by atoms with Gasteiger partial charge in [0, 0.05) is 24.5 Å². The maximum atomic E-state index is 12.4. The molecule has 35 heavy (non-hydrogen) atoms. The molecule has 0 amide bonds. The molecule has 2 aliphatic rings. The molecule has 3 aromatic heterocycles. The summed E-state index contributed by atoms with van der Waals surface area (Å²) in [6, 6.07) is 2.56. The summed E-state index contributed by atoms with van der Waals surface area (Å²) in [5.41, 5.74) is 3.60. The van der Waals surface area contributed by atoms with Crippen molar-refractivity contribution in [3.63, 3.8) is 0 Å². The Morgan fingerprint density at radius 3 is 2.43 bits per heavy atom. The fraction of sp³-hybridized carbons (Fsp3) is 0.600. The lowest BCUT2D eigenvalue weighted by Crippen LogP contribution is -2.38. The van der Waals surface area contributed by atoms with Crippen LogP contribution in [-0.4, -0.2) is 51.4 Å². The molecule has 5 rings (SSSR count). The van der Waals surface area contributed by atoms with Gasteiger partial charge in [-0.25, -0.2) is 18.4 Å². The SMILES string of the molecule is Cc1nc(NC2CCC2)nc(N[C@H]2CC[C@@H](C(C)(C)S(C)(=O)=O)C2)c1-c1nc2c(C)nccc2s1. The van der Waals surface area contributed by atoms with Crippen molar-refractivity contribution in [3.8, 4) is 10.6 Å². The summed E-state index contributed by atoms with van der Waals surface area (Å²) in [4.78, 5) is 19.0. The standard InChI is InChI=1S/C25H34N6O2S2/c1-14-20(23-30-21-15(2)26-12-11-19(21)34-23)22(31-24(27-14)29-17-7-6-8-17)28-18-10-9-16(13-18)25(3,4)35(5,32)33/h11-12,16-18H,6-10,13H2,1-5H3,(H2,27,28,29,31)/t16-,18+/m1/s1. The van der Waals surface area contributed by atoms with E-state index in [1.807, 2.05) is 40.0 Å². The predicted octanol–water partition coefficient (Wildman–Crippen LogP) is 5.13. The summed E-state index contributed by atoms with van der Waals surface area (Å²) in [7, 11) is -3.15. The highest BCUT2D eigenvalue weighted by molar-refractivity contribution is 7.92. The number of rotatable bonds is 7. The van der Waals surface area contributed by atoms with Gasteiger partial charge in [0.2, 0.25) is 5.95 Å². The maximum Gasteiger partial charge on any atom is 0.225 e. The van der Waals surface area contributed by atoms with Crippen LogP contribution in [0.25, 0.3) is 20.8 Å². The molecule has 0 saturated heterocycles. The highest BCUT2D eigenvalue weighted by Crippen LogP contribution is 2.42. The summed E-state index contributed by atoms with van der Waals surface area (Å²) in [5.74, 6) is 1.51. The number of hydrogen-bond donors (Lipinski definition) is 2. The van der Waals surface area contributed by atoms with E-state index in [1.54, 1.807) is 11.3 Å². The molecule has 3 heterocycles. The molecule has 2 fully saturated rings. The van der Waals surface area contributed by atoms with E-state index in [0.717, 1.165) is 70.1 Å². The average molecular weight is 515 g/mol. The van der Waals surface area contributed by atoms with Gasteiger partial charge < -0.3 is 10.6 Å². The zero-order chi connectivity index (χ0) is 25.0. The van der Waals surface area contributed by atoms with Crippen molar-refractivity contribution in [2.24, 2.45) is 5.92 Å². The first-order chi connectivity index (χ1) is 16.5. The van der Waals surface area contributed by atoms with E-state index < -0.39 is 14.6 Å². The van der Waals surface area contributed by atoms with E-state index in [-0.39, 0.29) is 12.0 Å². The summed E-state index contributed by atoms with van der Waals surface area (Å²) in [6.07, 6.45) is 9.24. The van der Waals surface area contributed by atoms with Crippen molar-refractivity contribution in [1.82, 2.24) is 19.9 Å². The first-order valence-electron chi connectivity index (χ1n) is 12.4. The minimum atomic E-state index is -3.15. The van der Waals surface area contributed by atoms with Gasteiger partial charge in [-0.3, -0.25) is 4.98 Å². The van der Waals surface area contributed by atoms with Gasteiger partial charge in [0.25, 0.3) is 0 Å². The molecule has 2 aliphatic carbocycles. The number of nitrogens with zero attached hydrogens (tertiary/aromatic N) is 4. The fourth-order valence-corrected chi connectivity index (χ4v) is 6.99. The van der Waals surface area contributed by atoms with Gasteiger partial charge in [-0.2, -0.15) is 4.98 Å². The van der Waals surface area contributed by atoms with Gasteiger partial charge in [0.15, 0.2) is 9.84 Å². The molecular formula is C25H34N6O2S2. The smallest absolute Gasteiger partial charge is 0.225 e. The lowest BCUT2D eigenvalue weighted by atomic mass is 9.93. The molecule has 0 unspecified atom stereocenters. The molecule has 2 saturated carbocycles. The van der Waals surface area contributed by atoms with Crippen molar-refractivity contribution in [1.29, 1.82) is 0 Å². The number of thiazole rings is 1. The average Bonchev–Trinajstić information content (AvgIpc) is 3.38. The number of hydrogen-bond acceptors (Lipinski definition) is 9. The number of pyridine rings is 1. The van der Waals surface area contributed by atoms with E-state index in [1.165, 1.54) is 12.7 Å². The summed E-state index contributed by atoms with van der Waals surface area (Å²) >= 11 is 1.62. The van der Waals surface area contributed by atoms with Crippen LogP contribution in [-0.2, 0) is 9.84 Å². The van der Waals surface area contributed by atoms with E-state index in [0.29, 0.717) is 12.0 Å². The number of fused-ring (bicyclic) bond motifs is 1. The molecule has 0 radical (unpaired) electrons. The first-order valence-corrected chi connectivity index (χ1v) is 15.1. The van der Waals surface area contributed by atoms with Gasteiger partial charge in [0.05, 0.1) is 26.4 Å². The van der Waals surface area contributed by atoms with Gasteiger partial charge in [-0.15, -0.1) is 11.3 Å². The topological polar surface area (TPSA) is 110 Å². The molecule has 188 valence electrons. The number of sulfone groups is 1. The van der Waals surface area contributed by atoms with E-state index in [9.17, 15) is 8.42 Å². The normalized spacial score (nSPS) is 21.3. The third-order valence-corrected chi connectivity index (χ3v) is 11.2. The summed E-state index contributed by atoms with van der Waals surface area (Å²) in [6.45, 7) is 7.69. The molecule has 2 atom stereocenters. The van der Waals surface area contributed by atoms with Crippen molar-refractivity contribution in [3.05, 3.63) is 23.7 Å². The van der Waals surface area contributed by atoms with E-state index >= 15 is 0 Å². The van der Waals surface area contributed by atoms with E-state index in [4.69, 9.17) is 15.0 Å². The number of nitrogens with one attached hydrogen (secondary N) is 2. The number of anilines is 2. The molecule has 8 nitrogen and oxygen atoms in total. The Kier molecular flexibility index (Phi) is 6.24. The molecule has 0 aromatic carbocycles.